The number of carbonyl (C=O) groups excluding carboxylic acids is 1. The van der Waals surface area contributed by atoms with E-state index in [1.807, 2.05) is 13.1 Å². The molecular weight excluding hydrogens is 342 g/mol. The molecular formula is C16H21N5O3S. The highest BCUT2D eigenvalue weighted by atomic mass is 32.2. The van der Waals surface area contributed by atoms with Gasteiger partial charge in [0, 0.05) is 44.6 Å². The smallest absolute Gasteiger partial charge is 0.244 e. The summed E-state index contributed by atoms with van der Waals surface area (Å²) in [5, 5.41) is 6.96. The van der Waals surface area contributed by atoms with Crippen LogP contribution in [0.15, 0.2) is 41.7 Å². The van der Waals surface area contributed by atoms with Gasteiger partial charge in [-0.3, -0.25) is 14.5 Å². The maximum Gasteiger partial charge on any atom is 0.244 e. The zero-order valence-corrected chi connectivity index (χ0v) is 14.8. The SMILES string of the molecule is Cn1nccc1CNC(=O)C1CCN(S(=O)(=O)c2cccnc2)CC1. The zero-order chi connectivity index (χ0) is 17.9. The molecule has 2 aromatic heterocycles. The third kappa shape index (κ3) is 3.88. The van der Waals surface area contributed by atoms with Crippen molar-refractivity contribution in [1.82, 2.24) is 24.4 Å². The summed E-state index contributed by atoms with van der Waals surface area (Å²) in [6.45, 7) is 1.09. The molecule has 1 aliphatic rings. The predicted molar refractivity (Wildman–Crippen MR) is 90.8 cm³/mol. The van der Waals surface area contributed by atoms with Gasteiger partial charge in [-0.1, -0.05) is 0 Å². The molecule has 1 aliphatic heterocycles. The number of carbonyl (C=O) groups is 1. The first-order chi connectivity index (χ1) is 12.0. The van der Waals surface area contributed by atoms with Gasteiger partial charge in [0.15, 0.2) is 0 Å². The average molecular weight is 363 g/mol. The fourth-order valence-corrected chi connectivity index (χ4v) is 4.34. The number of aromatic nitrogens is 3. The highest BCUT2D eigenvalue weighted by molar-refractivity contribution is 7.89. The number of hydrogen-bond donors (Lipinski definition) is 1. The highest BCUT2D eigenvalue weighted by Gasteiger charge is 2.32. The van der Waals surface area contributed by atoms with Crippen LogP contribution in [0, 0.1) is 5.92 Å². The van der Waals surface area contributed by atoms with E-state index in [0.29, 0.717) is 32.5 Å². The van der Waals surface area contributed by atoms with E-state index in [1.165, 1.54) is 22.8 Å². The van der Waals surface area contributed by atoms with E-state index in [1.54, 1.807) is 16.9 Å². The van der Waals surface area contributed by atoms with Gasteiger partial charge in [-0.05, 0) is 31.0 Å². The molecule has 1 N–H and O–H groups in total. The first-order valence-corrected chi connectivity index (χ1v) is 9.57. The molecule has 8 nitrogen and oxygen atoms in total. The van der Waals surface area contributed by atoms with E-state index in [9.17, 15) is 13.2 Å². The first-order valence-electron chi connectivity index (χ1n) is 8.13. The van der Waals surface area contributed by atoms with Gasteiger partial charge >= 0.3 is 0 Å². The van der Waals surface area contributed by atoms with Crippen LogP contribution in [0.1, 0.15) is 18.5 Å². The van der Waals surface area contributed by atoms with Gasteiger partial charge in [0.1, 0.15) is 4.90 Å². The fraction of sp³-hybridized carbons (Fsp3) is 0.438. The minimum Gasteiger partial charge on any atom is -0.350 e. The summed E-state index contributed by atoms with van der Waals surface area (Å²) < 4.78 is 28.3. The molecule has 0 atom stereocenters. The second-order valence-electron chi connectivity index (χ2n) is 6.03. The Morgan fingerprint density at radius 3 is 2.64 bits per heavy atom. The van der Waals surface area contributed by atoms with Crippen LogP contribution in [0.4, 0.5) is 0 Å². The van der Waals surface area contributed by atoms with Crippen molar-refractivity contribution in [3.05, 3.63) is 42.5 Å². The van der Waals surface area contributed by atoms with Crippen LogP contribution in [0.5, 0.6) is 0 Å². The summed E-state index contributed by atoms with van der Waals surface area (Å²) in [5.74, 6) is -0.215. The molecule has 25 heavy (non-hydrogen) atoms. The molecule has 2 aromatic rings. The van der Waals surface area contributed by atoms with Crippen molar-refractivity contribution in [3.8, 4) is 0 Å². The Morgan fingerprint density at radius 2 is 2.04 bits per heavy atom. The van der Waals surface area contributed by atoms with Crippen LogP contribution in [0.25, 0.3) is 0 Å². The van der Waals surface area contributed by atoms with Crippen molar-refractivity contribution >= 4 is 15.9 Å². The van der Waals surface area contributed by atoms with Crippen LogP contribution in [-0.4, -0.2) is 46.5 Å². The topological polar surface area (TPSA) is 97.2 Å². The third-order valence-corrected chi connectivity index (χ3v) is 6.35. The van der Waals surface area contributed by atoms with E-state index in [2.05, 4.69) is 15.4 Å². The van der Waals surface area contributed by atoms with Crippen molar-refractivity contribution < 1.29 is 13.2 Å². The lowest BCUT2D eigenvalue weighted by Gasteiger charge is -2.30. The largest absolute Gasteiger partial charge is 0.350 e. The summed E-state index contributed by atoms with van der Waals surface area (Å²) in [4.78, 5) is 16.4. The lowest BCUT2D eigenvalue weighted by atomic mass is 9.97. The van der Waals surface area contributed by atoms with Crippen molar-refractivity contribution in [2.45, 2.75) is 24.3 Å². The van der Waals surface area contributed by atoms with Crippen molar-refractivity contribution in [3.63, 3.8) is 0 Å². The molecule has 1 saturated heterocycles. The van der Waals surface area contributed by atoms with Gasteiger partial charge in [0.25, 0.3) is 0 Å². The number of nitrogens with one attached hydrogen (secondary N) is 1. The zero-order valence-electron chi connectivity index (χ0n) is 14.0. The standard InChI is InChI=1S/C16H21N5O3S/c1-20-14(4-8-19-20)11-18-16(22)13-5-9-21(10-6-13)25(23,24)15-3-2-7-17-12-15/h2-4,7-8,12-13H,5-6,9-11H2,1H3,(H,18,22). The molecule has 3 rings (SSSR count). The van der Waals surface area contributed by atoms with Crippen molar-refractivity contribution in [2.75, 3.05) is 13.1 Å². The number of hydrogen-bond acceptors (Lipinski definition) is 5. The molecule has 0 aliphatic carbocycles. The predicted octanol–water partition coefficient (Wildman–Crippen LogP) is 0.532. The summed E-state index contributed by atoms with van der Waals surface area (Å²) in [5.41, 5.74) is 0.921. The second-order valence-corrected chi connectivity index (χ2v) is 7.97. The van der Waals surface area contributed by atoms with Crippen molar-refractivity contribution in [1.29, 1.82) is 0 Å². The third-order valence-electron chi connectivity index (χ3n) is 4.46. The lowest BCUT2D eigenvalue weighted by molar-refractivity contribution is -0.126. The first kappa shape index (κ1) is 17.6. The van der Waals surface area contributed by atoms with Gasteiger partial charge in [0.2, 0.25) is 15.9 Å². The molecule has 0 bridgehead atoms. The number of sulfonamides is 1. The summed E-state index contributed by atoms with van der Waals surface area (Å²) in [6.07, 6.45) is 5.59. The lowest BCUT2D eigenvalue weighted by Crippen LogP contribution is -2.43. The van der Waals surface area contributed by atoms with Gasteiger partial charge < -0.3 is 5.32 Å². The van der Waals surface area contributed by atoms with Gasteiger partial charge in [-0.2, -0.15) is 9.40 Å². The monoisotopic (exact) mass is 363 g/mol. The van der Waals surface area contributed by atoms with Gasteiger partial charge in [-0.15, -0.1) is 0 Å². The number of amides is 1. The molecule has 3 heterocycles. The Morgan fingerprint density at radius 1 is 1.28 bits per heavy atom. The molecule has 9 heteroatoms. The fourth-order valence-electron chi connectivity index (χ4n) is 2.90. The quantitative estimate of drug-likeness (QED) is 0.836. The molecule has 0 aromatic carbocycles. The van der Waals surface area contributed by atoms with Crippen LogP contribution in [0.3, 0.4) is 0 Å². The maximum atomic E-state index is 12.6. The number of rotatable bonds is 5. The normalized spacial score (nSPS) is 16.7. The Hall–Kier alpha value is -2.26. The summed E-state index contributed by atoms with van der Waals surface area (Å²) in [6, 6.07) is 4.99. The van der Waals surface area contributed by atoms with E-state index in [4.69, 9.17) is 0 Å². The minimum absolute atomic E-state index is 0.0420. The van der Waals surface area contributed by atoms with Crippen LogP contribution >= 0.6 is 0 Å². The average Bonchev–Trinajstić information content (AvgIpc) is 3.05. The Bertz CT molecular complexity index is 826. The molecule has 134 valence electrons. The number of nitrogens with zero attached hydrogens (tertiary/aromatic N) is 4. The maximum absolute atomic E-state index is 12.6. The van der Waals surface area contributed by atoms with Crippen LogP contribution in [-0.2, 0) is 28.4 Å². The molecule has 0 radical (unpaired) electrons. The molecule has 0 saturated carbocycles. The Labute approximate surface area is 146 Å². The Balaban J connectivity index is 1.55. The number of aryl methyl sites for hydroxylation is 1. The summed E-state index contributed by atoms with van der Waals surface area (Å²) in [7, 11) is -1.71. The molecule has 0 spiro atoms. The van der Waals surface area contributed by atoms with Gasteiger partial charge in [-0.25, -0.2) is 8.42 Å². The van der Waals surface area contributed by atoms with Crippen molar-refractivity contribution in [2.24, 2.45) is 13.0 Å². The van der Waals surface area contributed by atoms with Gasteiger partial charge in [0.05, 0.1) is 12.2 Å². The van der Waals surface area contributed by atoms with Crippen LogP contribution < -0.4 is 5.32 Å². The summed E-state index contributed by atoms with van der Waals surface area (Å²) >= 11 is 0. The Kier molecular flexibility index (Phi) is 5.14. The van der Waals surface area contributed by atoms with E-state index in [-0.39, 0.29) is 16.7 Å². The van der Waals surface area contributed by atoms with Crippen LogP contribution in [0.2, 0.25) is 0 Å². The van der Waals surface area contributed by atoms with E-state index < -0.39 is 10.0 Å². The molecule has 0 unspecified atom stereocenters. The number of piperidine rings is 1. The molecule has 1 amide bonds. The van der Waals surface area contributed by atoms with E-state index >= 15 is 0 Å². The highest BCUT2D eigenvalue weighted by Crippen LogP contribution is 2.23. The number of pyridine rings is 1. The second kappa shape index (κ2) is 7.32. The minimum atomic E-state index is -3.54. The van der Waals surface area contributed by atoms with E-state index in [0.717, 1.165) is 5.69 Å². The molecule has 1 fully saturated rings.